The summed E-state index contributed by atoms with van der Waals surface area (Å²) in [5.41, 5.74) is 11.1. The van der Waals surface area contributed by atoms with E-state index in [2.05, 4.69) is 110 Å². The minimum absolute atomic E-state index is 0.166. The normalized spacial score (nSPS) is 13.8. The summed E-state index contributed by atoms with van der Waals surface area (Å²) in [6.45, 7) is 13.3. The first-order chi connectivity index (χ1) is 23.4. The van der Waals surface area contributed by atoms with Crippen molar-refractivity contribution in [1.29, 1.82) is 0 Å². The summed E-state index contributed by atoms with van der Waals surface area (Å²) in [6, 6.07) is 40.9. The lowest BCUT2D eigenvalue weighted by Crippen LogP contribution is -2.15. The summed E-state index contributed by atoms with van der Waals surface area (Å²) in [5.74, 6) is 1.47. The second kappa shape index (κ2) is 11.0. The van der Waals surface area contributed by atoms with E-state index in [1.165, 1.54) is 41.8 Å². The van der Waals surface area contributed by atoms with Crippen molar-refractivity contribution in [3.8, 4) is 39.6 Å². The molecule has 0 N–H and O–H groups in total. The minimum atomic E-state index is -0.166. The van der Waals surface area contributed by atoms with Crippen molar-refractivity contribution in [2.75, 3.05) is 0 Å². The lowest BCUT2D eigenvalue weighted by atomic mass is 9.82. The van der Waals surface area contributed by atoms with Crippen LogP contribution in [0, 0.1) is 0 Å². The van der Waals surface area contributed by atoms with Gasteiger partial charge in [-0.3, -0.25) is 4.57 Å². The standard InChI is InChI=1S/C43H31N3S2/c1-5-28-31-21-32-29(30-23-39-40(24-33(30)43(32,3)4)48-38-20-14-13-19-37(38)47-39)22-36(31)46(35(28)6-2)41-25-34(26-15-9-7-10-16-26)44-42(45-41)27-17-11-8-12-18-27/h5-25H,1-2H2,3-4H3. The molecule has 230 valence electrons. The highest BCUT2D eigenvalue weighted by atomic mass is 32.2. The quantitative estimate of drug-likeness (QED) is 0.185. The van der Waals surface area contributed by atoms with Gasteiger partial charge in [-0.15, -0.1) is 0 Å². The topological polar surface area (TPSA) is 30.7 Å². The lowest BCUT2D eigenvalue weighted by molar-refractivity contribution is 0.658. The molecule has 0 atom stereocenters. The Kier molecular flexibility index (Phi) is 6.65. The van der Waals surface area contributed by atoms with Crippen LogP contribution in [-0.4, -0.2) is 14.5 Å². The zero-order valence-corrected chi connectivity index (χ0v) is 28.3. The molecule has 1 aliphatic heterocycles. The molecule has 1 aliphatic carbocycles. The van der Waals surface area contributed by atoms with Gasteiger partial charge in [0.25, 0.3) is 0 Å². The number of hydrogen-bond acceptors (Lipinski definition) is 4. The van der Waals surface area contributed by atoms with Crippen LogP contribution >= 0.6 is 23.5 Å². The molecular formula is C43H31N3S2. The van der Waals surface area contributed by atoms with E-state index >= 15 is 0 Å². The Morgan fingerprint density at radius 3 is 1.90 bits per heavy atom. The zero-order chi connectivity index (χ0) is 32.6. The predicted octanol–water partition coefficient (Wildman–Crippen LogP) is 12.0. The molecule has 0 bridgehead atoms. The molecule has 5 aromatic carbocycles. The molecule has 48 heavy (non-hydrogen) atoms. The first kappa shape index (κ1) is 29.1. The van der Waals surface area contributed by atoms with Gasteiger partial charge in [-0.25, -0.2) is 9.97 Å². The summed E-state index contributed by atoms with van der Waals surface area (Å²) in [5, 5.41) is 1.14. The molecule has 9 rings (SSSR count). The highest BCUT2D eigenvalue weighted by molar-refractivity contribution is 8.05. The number of hydrogen-bond donors (Lipinski definition) is 0. The van der Waals surface area contributed by atoms with Crippen LogP contribution in [0.2, 0.25) is 0 Å². The smallest absolute Gasteiger partial charge is 0.162 e. The number of benzene rings is 5. The number of aromatic nitrogens is 3. The maximum absolute atomic E-state index is 5.21. The molecular weight excluding hydrogens is 623 g/mol. The largest absolute Gasteiger partial charge is 0.294 e. The highest BCUT2D eigenvalue weighted by Crippen LogP contribution is 2.56. The van der Waals surface area contributed by atoms with Crippen molar-refractivity contribution in [2.45, 2.75) is 38.8 Å². The van der Waals surface area contributed by atoms with Gasteiger partial charge in [0.2, 0.25) is 0 Å². The Labute approximate surface area is 289 Å². The fourth-order valence-electron chi connectivity index (χ4n) is 7.26. The van der Waals surface area contributed by atoms with Crippen LogP contribution in [0.1, 0.15) is 36.2 Å². The molecule has 0 saturated carbocycles. The Morgan fingerprint density at radius 1 is 0.625 bits per heavy atom. The fourth-order valence-corrected chi connectivity index (χ4v) is 9.54. The van der Waals surface area contributed by atoms with Crippen molar-refractivity contribution in [1.82, 2.24) is 14.5 Å². The van der Waals surface area contributed by atoms with E-state index in [1.54, 1.807) is 0 Å². The van der Waals surface area contributed by atoms with Crippen LogP contribution in [0.25, 0.3) is 62.6 Å². The second-order valence-corrected chi connectivity index (χ2v) is 14.9. The summed E-state index contributed by atoms with van der Waals surface area (Å²) < 4.78 is 2.24. The van der Waals surface area contributed by atoms with E-state index in [1.807, 2.05) is 72.1 Å². The van der Waals surface area contributed by atoms with Crippen LogP contribution < -0.4 is 0 Å². The Balaban J connectivity index is 1.30. The lowest BCUT2D eigenvalue weighted by Gasteiger charge is -2.24. The van der Waals surface area contributed by atoms with Crippen LogP contribution in [0.15, 0.2) is 148 Å². The Hall–Kier alpha value is -5.10. The third-order valence-corrected chi connectivity index (χ3v) is 12.2. The van der Waals surface area contributed by atoms with E-state index in [4.69, 9.17) is 9.97 Å². The van der Waals surface area contributed by atoms with E-state index in [-0.39, 0.29) is 5.41 Å². The molecule has 2 aliphatic rings. The summed E-state index contributed by atoms with van der Waals surface area (Å²) in [6.07, 6.45) is 3.88. The first-order valence-electron chi connectivity index (χ1n) is 16.1. The molecule has 0 saturated heterocycles. The summed E-state index contributed by atoms with van der Waals surface area (Å²) in [4.78, 5) is 15.5. The van der Waals surface area contributed by atoms with Gasteiger partial charge in [-0.05, 0) is 64.7 Å². The third kappa shape index (κ3) is 4.38. The van der Waals surface area contributed by atoms with Gasteiger partial charge in [0.1, 0.15) is 5.82 Å². The average molecular weight is 654 g/mol. The van der Waals surface area contributed by atoms with Crippen LogP contribution in [0.3, 0.4) is 0 Å². The van der Waals surface area contributed by atoms with Crippen molar-refractivity contribution in [3.05, 3.63) is 151 Å². The number of rotatable bonds is 5. The SMILES string of the molecule is C=Cc1c(C=C)n(-c2cc(-c3ccccc3)nc(-c3ccccc3)n2)c2cc3c(cc12)C(C)(C)c1cc2c(cc1-3)Sc1ccccc1S2. The first-order valence-corrected chi connectivity index (χ1v) is 17.7. The number of nitrogens with zero attached hydrogens (tertiary/aromatic N) is 3. The predicted molar refractivity (Wildman–Crippen MR) is 202 cm³/mol. The van der Waals surface area contributed by atoms with Gasteiger partial charge in [-0.2, -0.15) is 0 Å². The van der Waals surface area contributed by atoms with Gasteiger partial charge >= 0.3 is 0 Å². The molecule has 0 radical (unpaired) electrons. The van der Waals surface area contributed by atoms with Crippen LogP contribution in [0.5, 0.6) is 0 Å². The van der Waals surface area contributed by atoms with Crippen molar-refractivity contribution >= 4 is 46.6 Å². The zero-order valence-electron chi connectivity index (χ0n) is 26.7. The van der Waals surface area contributed by atoms with Crippen molar-refractivity contribution < 1.29 is 0 Å². The Bertz CT molecular complexity index is 2400. The molecule has 3 nitrogen and oxygen atoms in total. The van der Waals surface area contributed by atoms with E-state index < -0.39 is 0 Å². The van der Waals surface area contributed by atoms with Crippen molar-refractivity contribution in [2.24, 2.45) is 0 Å². The number of fused-ring (bicyclic) bond motifs is 6. The van der Waals surface area contributed by atoms with Gasteiger partial charge in [0.05, 0.1) is 16.9 Å². The molecule has 2 aromatic heterocycles. The van der Waals surface area contributed by atoms with Crippen molar-refractivity contribution in [3.63, 3.8) is 0 Å². The van der Waals surface area contributed by atoms with Gasteiger partial charge in [-0.1, -0.05) is 129 Å². The van der Waals surface area contributed by atoms with Crippen LogP contribution in [-0.2, 0) is 5.41 Å². The summed E-state index contributed by atoms with van der Waals surface area (Å²) >= 11 is 3.75. The summed E-state index contributed by atoms with van der Waals surface area (Å²) in [7, 11) is 0. The molecule has 0 unspecified atom stereocenters. The van der Waals surface area contributed by atoms with Gasteiger partial charge in [0, 0.05) is 53.1 Å². The van der Waals surface area contributed by atoms with Gasteiger partial charge < -0.3 is 0 Å². The molecule has 5 heteroatoms. The fraction of sp³-hybridized carbons (Fsp3) is 0.0698. The maximum atomic E-state index is 5.21. The van der Waals surface area contributed by atoms with Crippen LogP contribution in [0.4, 0.5) is 0 Å². The van der Waals surface area contributed by atoms with E-state index in [9.17, 15) is 0 Å². The molecule has 3 heterocycles. The third-order valence-electron chi connectivity index (χ3n) is 9.63. The monoisotopic (exact) mass is 653 g/mol. The molecule has 0 spiro atoms. The minimum Gasteiger partial charge on any atom is -0.294 e. The maximum Gasteiger partial charge on any atom is 0.162 e. The van der Waals surface area contributed by atoms with Gasteiger partial charge in [0.15, 0.2) is 5.82 Å². The Morgan fingerprint density at radius 2 is 1.23 bits per heavy atom. The van der Waals surface area contributed by atoms with E-state index in [0.717, 1.165) is 44.8 Å². The molecule has 0 amide bonds. The van der Waals surface area contributed by atoms with E-state index in [0.29, 0.717) is 5.82 Å². The highest BCUT2D eigenvalue weighted by Gasteiger charge is 2.38. The second-order valence-electron chi connectivity index (χ2n) is 12.7. The molecule has 0 fully saturated rings. The average Bonchev–Trinajstić information content (AvgIpc) is 3.56. The molecule has 7 aromatic rings.